The molecule has 1 amide bonds. The molecule has 1 spiro atoms. The lowest BCUT2D eigenvalue weighted by Crippen LogP contribution is -2.52. The average molecular weight is 365 g/mol. The predicted octanol–water partition coefficient (Wildman–Crippen LogP) is 2.73. The van der Waals surface area contributed by atoms with Gasteiger partial charge in [-0.05, 0) is 69.6 Å². The van der Waals surface area contributed by atoms with E-state index < -0.39 is 11.6 Å². The van der Waals surface area contributed by atoms with Crippen LogP contribution in [0.5, 0.6) is 0 Å². The Morgan fingerprint density at radius 1 is 1.12 bits per heavy atom. The number of benzene rings is 1. The van der Waals surface area contributed by atoms with Gasteiger partial charge in [0.25, 0.3) is 0 Å². The van der Waals surface area contributed by atoms with Gasteiger partial charge in [0.1, 0.15) is 0 Å². The normalized spacial score (nSPS) is 21.0. The van der Waals surface area contributed by atoms with Gasteiger partial charge in [0.15, 0.2) is 11.6 Å². The van der Waals surface area contributed by atoms with E-state index in [2.05, 4.69) is 9.80 Å². The van der Waals surface area contributed by atoms with Crippen LogP contribution in [0.2, 0.25) is 0 Å². The summed E-state index contributed by atoms with van der Waals surface area (Å²) in [7, 11) is 4.06. The van der Waals surface area contributed by atoms with Gasteiger partial charge in [-0.15, -0.1) is 0 Å². The number of likely N-dealkylation sites (N-methyl/N-ethyl adjacent to an activating group) is 1. The Morgan fingerprint density at radius 2 is 1.85 bits per heavy atom. The molecule has 0 aromatic heterocycles. The fourth-order valence-electron chi connectivity index (χ4n) is 4.12. The summed E-state index contributed by atoms with van der Waals surface area (Å²) in [4.78, 5) is 18.7. The Bertz CT molecular complexity index is 642. The van der Waals surface area contributed by atoms with Gasteiger partial charge in [0.2, 0.25) is 5.91 Å². The zero-order valence-electron chi connectivity index (χ0n) is 15.8. The van der Waals surface area contributed by atoms with Crippen molar-refractivity contribution < 1.29 is 13.6 Å². The van der Waals surface area contributed by atoms with Gasteiger partial charge in [-0.1, -0.05) is 6.07 Å². The Kier molecular flexibility index (Phi) is 5.92. The molecule has 2 saturated heterocycles. The molecule has 0 bridgehead atoms. The summed E-state index contributed by atoms with van der Waals surface area (Å²) in [6, 6.07) is 4.15. The Labute approximate surface area is 154 Å². The van der Waals surface area contributed by atoms with Crippen molar-refractivity contribution in [2.45, 2.75) is 32.2 Å². The molecule has 1 aromatic rings. The van der Waals surface area contributed by atoms with Crippen LogP contribution in [0.15, 0.2) is 18.2 Å². The average Bonchev–Trinajstić information content (AvgIpc) is 2.61. The lowest BCUT2D eigenvalue weighted by Gasteiger charge is -2.47. The highest BCUT2D eigenvalue weighted by Crippen LogP contribution is 2.40. The van der Waals surface area contributed by atoms with E-state index >= 15 is 0 Å². The summed E-state index contributed by atoms with van der Waals surface area (Å²) in [6.45, 7) is 5.08. The molecule has 6 heteroatoms. The number of likely N-dealkylation sites (tertiary alicyclic amines) is 2. The van der Waals surface area contributed by atoms with Crippen LogP contribution in [0, 0.1) is 17.0 Å². The van der Waals surface area contributed by atoms with Crippen LogP contribution in [0.1, 0.15) is 31.2 Å². The molecule has 0 radical (unpaired) electrons. The van der Waals surface area contributed by atoms with E-state index in [0.29, 0.717) is 13.0 Å². The SMILES string of the molecule is CN(C)CCN1CC2(CCC1=O)CCN(Cc1ccc(F)c(F)c1)CC2. The minimum absolute atomic E-state index is 0.227. The van der Waals surface area contributed by atoms with E-state index in [1.807, 2.05) is 19.0 Å². The van der Waals surface area contributed by atoms with Crippen LogP contribution in [0.3, 0.4) is 0 Å². The third-order valence-corrected chi connectivity index (χ3v) is 5.87. The van der Waals surface area contributed by atoms with Crippen molar-refractivity contribution in [2.24, 2.45) is 5.41 Å². The van der Waals surface area contributed by atoms with Crippen molar-refractivity contribution in [1.29, 1.82) is 0 Å². The van der Waals surface area contributed by atoms with Gasteiger partial charge >= 0.3 is 0 Å². The summed E-state index contributed by atoms with van der Waals surface area (Å²) in [5.41, 5.74) is 1.04. The van der Waals surface area contributed by atoms with Crippen molar-refractivity contribution in [3.63, 3.8) is 0 Å². The number of hydrogen-bond donors (Lipinski definition) is 0. The molecule has 144 valence electrons. The lowest BCUT2D eigenvalue weighted by molar-refractivity contribution is -0.139. The number of rotatable bonds is 5. The summed E-state index contributed by atoms with van der Waals surface area (Å²) >= 11 is 0. The highest BCUT2D eigenvalue weighted by molar-refractivity contribution is 5.77. The van der Waals surface area contributed by atoms with Crippen LogP contribution in [-0.2, 0) is 11.3 Å². The molecule has 0 N–H and O–H groups in total. The number of hydrogen-bond acceptors (Lipinski definition) is 3. The molecule has 3 rings (SSSR count). The molecule has 2 heterocycles. The van der Waals surface area contributed by atoms with Crippen molar-refractivity contribution in [1.82, 2.24) is 14.7 Å². The van der Waals surface area contributed by atoms with Crippen molar-refractivity contribution in [3.8, 4) is 0 Å². The number of amides is 1. The topological polar surface area (TPSA) is 26.8 Å². The standard InChI is InChI=1S/C20H29F2N3O/c1-23(2)11-12-25-15-20(6-5-19(25)26)7-9-24(10-8-20)14-16-3-4-17(21)18(22)13-16/h3-4,13H,5-12,14-15H2,1-2H3. The van der Waals surface area contributed by atoms with Gasteiger partial charge < -0.3 is 9.80 Å². The van der Waals surface area contributed by atoms with Crippen molar-refractivity contribution in [3.05, 3.63) is 35.4 Å². The van der Waals surface area contributed by atoms with Crippen LogP contribution >= 0.6 is 0 Å². The molecule has 0 aliphatic carbocycles. The first-order valence-electron chi connectivity index (χ1n) is 9.46. The first kappa shape index (κ1) is 19.2. The summed E-state index contributed by atoms with van der Waals surface area (Å²) in [5.74, 6) is -1.30. The third kappa shape index (κ3) is 4.60. The van der Waals surface area contributed by atoms with E-state index in [4.69, 9.17) is 0 Å². The molecule has 0 unspecified atom stereocenters. The molecule has 1 aromatic carbocycles. The molecule has 0 atom stereocenters. The number of carbonyl (C=O) groups excluding carboxylic acids is 1. The molecule has 0 saturated carbocycles. The number of halogens is 2. The molecule has 2 fully saturated rings. The maximum absolute atomic E-state index is 13.4. The molecule has 26 heavy (non-hydrogen) atoms. The van der Waals surface area contributed by atoms with E-state index in [1.165, 1.54) is 12.1 Å². The molecule has 4 nitrogen and oxygen atoms in total. The molecular weight excluding hydrogens is 336 g/mol. The van der Waals surface area contributed by atoms with Gasteiger partial charge in [0, 0.05) is 32.6 Å². The van der Waals surface area contributed by atoms with Crippen LogP contribution in [0.4, 0.5) is 8.78 Å². The quantitative estimate of drug-likeness (QED) is 0.803. The largest absolute Gasteiger partial charge is 0.341 e. The second kappa shape index (κ2) is 8.01. The van der Waals surface area contributed by atoms with Crippen molar-refractivity contribution >= 4 is 5.91 Å². The summed E-state index contributed by atoms with van der Waals surface area (Å²) < 4.78 is 26.5. The zero-order valence-corrected chi connectivity index (χ0v) is 15.8. The second-order valence-electron chi connectivity index (χ2n) is 8.14. The fraction of sp³-hybridized carbons (Fsp3) is 0.650. The number of piperidine rings is 2. The Hall–Kier alpha value is -1.53. The van der Waals surface area contributed by atoms with E-state index in [0.717, 1.165) is 57.5 Å². The Balaban J connectivity index is 1.55. The monoisotopic (exact) mass is 365 g/mol. The second-order valence-corrected chi connectivity index (χ2v) is 8.14. The van der Waals surface area contributed by atoms with Gasteiger partial charge in [-0.25, -0.2) is 8.78 Å². The van der Waals surface area contributed by atoms with E-state index in [1.54, 1.807) is 6.07 Å². The zero-order chi connectivity index (χ0) is 18.7. The Morgan fingerprint density at radius 3 is 2.50 bits per heavy atom. The number of carbonyl (C=O) groups is 1. The molecule has 2 aliphatic heterocycles. The molecule has 2 aliphatic rings. The van der Waals surface area contributed by atoms with Gasteiger partial charge in [0.05, 0.1) is 0 Å². The van der Waals surface area contributed by atoms with Gasteiger partial charge in [-0.2, -0.15) is 0 Å². The minimum Gasteiger partial charge on any atom is -0.341 e. The summed E-state index contributed by atoms with van der Waals surface area (Å²) in [6.07, 6.45) is 3.74. The predicted molar refractivity (Wildman–Crippen MR) is 97.7 cm³/mol. The van der Waals surface area contributed by atoms with Gasteiger partial charge in [-0.3, -0.25) is 9.69 Å². The first-order valence-corrected chi connectivity index (χ1v) is 9.46. The maximum Gasteiger partial charge on any atom is 0.222 e. The third-order valence-electron chi connectivity index (χ3n) is 5.87. The van der Waals surface area contributed by atoms with Crippen LogP contribution < -0.4 is 0 Å². The molecular formula is C20H29F2N3O. The van der Waals surface area contributed by atoms with E-state index in [-0.39, 0.29) is 11.3 Å². The fourth-order valence-corrected chi connectivity index (χ4v) is 4.12. The maximum atomic E-state index is 13.4. The van der Waals surface area contributed by atoms with Crippen molar-refractivity contribution in [2.75, 3.05) is 46.8 Å². The lowest BCUT2D eigenvalue weighted by atomic mass is 9.72. The van der Waals surface area contributed by atoms with Crippen LogP contribution in [0.25, 0.3) is 0 Å². The smallest absolute Gasteiger partial charge is 0.222 e. The minimum atomic E-state index is -0.795. The first-order chi connectivity index (χ1) is 12.4. The van der Waals surface area contributed by atoms with Crippen LogP contribution in [-0.4, -0.2) is 67.4 Å². The highest BCUT2D eigenvalue weighted by atomic mass is 19.2. The summed E-state index contributed by atoms with van der Waals surface area (Å²) in [5, 5.41) is 0. The highest BCUT2D eigenvalue weighted by Gasteiger charge is 2.40. The number of nitrogens with zero attached hydrogens (tertiary/aromatic N) is 3. The van der Waals surface area contributed by atoms with E-state index in [9.17, 15) is 13.6 Å².